The quantitative estimate of drug-likeness (QED) is 0.522. The van der Waals surface area contributed by atoms with Crippen LogP contribution in [-0.4, -0.2) is 31.3 Å². The lowest BCUT2D eigenvalue weighted by Crippen LogP contribution is -2.23. The number of rotatable bonds is 6. The SMILES string of the molecule is Cc1ccc(CN2CCC[C@@H]2c2nnn3cc(NCc4cccnc4)ccc23)cc1. The number of likely N-dealkylation sites (tertiary alicyclic amines) is 1. The fourth-order valence-corrected chi connectivity index (χ4v) is 4.22. The number of pyridine rings is 2. The van der Waals surface area contributed by atoms with Gasteiger partial charge in [-0.25, -0.2) is 4.52 Å². The number of hydrogen-bond acceptors (Lipinski definition) is 5. The Bertz CT molecular complexity index is 1120. The molecule has 0 amide bonds. The highest BCUT2D eigenvalue weighted by Gasteiger charge is 2.29. The topological polar surface area (TPSA) is 58.4 Å². The van der Waals surface area contributed by atoms with Gasteiger partial charge in [0.2, 0.25) is 0 Å². The summed E-state index contributed by atoms with van der Waals surface area (Å²) in [5.74, 6) is 0. The number of nitrogens with one attached hydrogen (secondary N) is 1. The maximum atomic E-state index is 4.58. The summed E-state index contributed by atoms with van der Waals surface area (Å²) in [6.45, 7) is 4.91. The molecule has 0 aliphatic carbocycles. The minimum absolute atomic E-state index is 0.318. The lowest BCUT2D eigenvalue weighted by atomic mass is 10.1. The monoisotopic (exact) mass is 398 g/mol. The fraction of sp³-hybridized carbons (Fsp3) is 0.292. The van der Waals surface area contributed by atoms with E-state index in [4.69, 9.17) is 0 Å². The van der Waals surface area contributed by atoms with Crippen molar-refractivity contribution in [3.63, 3.8) is 0 Å². The first-order chi connectivity index (χ1) is 14.8. The van der Waals surface area contributed by atoms with Crippen molar-refractivity contribution in [2.75, 3.05) is 11.9 Å². The van der Waals surface area contributed by atoms with E-state index in [9.17, 15) is 0 Å². The molecular formula is C24H26N6. The van der Waals surface area contributed by atoms with Crippen molar-refractivity contribution in [1.29, 1.82) is 0 Å². The average Bonchev–Trinajstić information content (AvgIpc) is 3.40. The summed E-state index contributed by atoms with van der Waals surface area (Å²) in [5, 5.41) is 12.4. The summed E-state index contributed by atoms with van der Waals surface area (Å²) < 4.78 is 1.89. The van der Waals surface area contributed by atoms with Gasteiger partial charge in [0, 0.05) is 25.5 Å². The van der Waals surface area contributed by atoms with Crippen LogP contribution in [-0.2, 0) is 13.1 Å². The van der Waals surface area contributed by atoms with Crippen LogP contribution >= 0.6 is 0 Å². The lowest BCUT2D eigenvalue weighted by Gasteiger charge is -2.23. The molecule has 4 heterocycles. The maximum absolute atomic E-state index is 4.58. The van der Waals surface area contributed by atoms with E-state index in [0.717, 1.165) is 48.5 Å². The second-order valence-electron chi connectivity index (χ2n) is 8.05. The Morgan fingerprint density at radius 2 is 1.97 bits per heavy atom. The van der Waals surface area contributed by atoms with Crippen LogP contribution in [0.15, 0.2) is 67.1 Å². The molecule has 5 rings (SSSR count). The van der Waals surface area contributed by atoms with Gasteiger partial charge in [0.25, 0.3) is 0 Å². The molecule has 0 bridgehead atoms. The van der Waals surface area contributed by atoms with Gasteiger partial charge < -0.3 is 5.32 Å². The molecule has 152 valence electrons. The summed E-state index contributed by atoms with van der Waals surface area (Å²) in [4.78, 5) is 6.69. The van der Waals surface area contributed by atoms with E-state index >= 15 is 0 Å². The number of aromatic nitrogens is 4. The molecule has 1 aliphatic rings. The Kier molecular flexibility index (Phi) is 5.15. The highest BCUT2D eigenvalue weighted by Crippen LogP contribution is 2.34. The predicted molar refractivity (Wildman–Crippen MR) is 118 cm³/mol. The third kappa shape index (κ3) is 3.91. The zero-order valence-corrected chi connectivity index (χ0v) is 17.2. The van der Waals surface area contributed by atoms with Gasteiger partial charge in [-0.2, -0.15) is 0 Å². The summed E-state index contributed by atoms with van der Waals surface area (Å²) in [6, 6.07) is 17.4. The Morgan fingerprint density at radius 1 is 1.07 bits per heavy atom. The molecule has 1 aromatic carbocycles. The summed E-state index contributed by atoms with van der Waals surface area (Å²) in [7, 11) is 0. The van der Waals surface area contributed by atoms with Crippen molar-refractivity contribution in [3.05, 3.63) is 89.5 Å². The molecule has 0 spiro atoms. The van der Waals surface area contributed by atoms with Gasteiger partial charge in [-0.1, -0.05) is 41.1 Å². The van der Waals surface area contributed by atoms with E-state index in [1.807, 2.05) is 23.0 Å². The van der Waals surface area contributed by atoms with Crippen molar-refractivity contribution < 1.29 is 0 Å². The lowest BCUT2D eigenvalue weighted by molar-refractivity contribution is 0.245. The van der Waals surface area contributed by atoms with Crippen LogP contribution in [0.5, 0.6) is 0 Å². The molecule has 1 N–H and O–H groups in total. The predicted octanol–water partition coefficient (Wildman–Crippen LogP) is 4.38. The molecule has 6 heteroatoms. The minimum Gasteiger partial charge on any atom is -0.380 e. The molecule has 3 aromatic heterocycles. The van der Waals surface area contributed by atoms with Gasteiger partial charge in [0.05, 0.1) is 23.4 Å². The number of aryl methyl sites for hydroxylation is 1. The van der Waals surface area contributed by atoms with Crippen LogP contribution in [0, 0.1) is 6.92 Å². The van der Waals surface area contributed by atoms with Gasteiger partial charge in [0.15, 0.2) is 0 Å². The molecule has 0 saturated carbocycles. The first kappa shape index (κ1) is 18.8. The Balaban J connectivity index is 1.33. The fourth-order valence-electron chi connectivity index (χ4n) is 4.22. The molecule has 1 atom stereocenters. The van der Waals surface area contributed by atoms with Crippen molar-refractivity contribution in [2.45, 2.75) is 38.9 Å². The van der Waals surface area contributed by atoms with Crippen LogP contribution in [0.25, 0.3) is 5.52 Å². The van der Waals surface area contributed by atoms with E-state index in [1.165, 1.54) is 17.5 Å². The zero-order valence-electron chi connectivity index (χ0n) is 17.2. The van der Waals surface area contributed by atoms with E-state index in [-0.39, 0.29) is 0 Å². The van der Waals surface area contributed by atoms with E-state index in [0.29, 0.717) is 6.04 Å². The second-order valence-corrected chi connectivity index (χ2v) is 8.05. The standard InChI is InChI=1S/C24H26N6/c1-18-6-8-19(9-7-18)16-29-13-3-5-22(29)24-23-11-10-21(17-30(23)28-27-24)26-15-20-4-2-12-25-14-20/h2,4,6-12,14,17,22,26H,3,5,13,15-16H2,1H3/t22-/m1/s1. The van der Waals surface area contributed by atoms with Crippen LogP contribution in [0.2, 0.25) is 0 Å². The molecule has 6 nitrogen and oxygen atoms in total. The molecule has 4 aromatic rings. The summed E-state index contributed by atoms with van der Waals surface area (Å²) in [6.07, 6.45) is 8.00. The highest BCUT2D eigenvalue weighted by molar-refractivity contribution is 5.57. The Morgan fingerprint density at radius 3 is 2.80 bits per heavy atom. The van der Waals surface area contributed by atoms with Crippen LogP contribution in [0.1, 0.15) is 41.3 Å². The summed E-state index contributed by atoms with van der Waals surface area (Å²) in [5.41, 5.74) is 6.99. The molecule has 30 heavy (non-hydrogen) atoms. The Labute approximate surface area is 176 Å². The highest BCUT2D eigenvalue weighted by atomic mass is 15.4. The second kappa shape index (κ2) is 8.24. The van der Waals surface area contributed by atoms with E-state index in [1.54, 1.807) is 6.20 Å². The normalized spacial score (nSPS) is 16.9. The van der Waals surface area contributed by atoms with Crippen molar-refractivity contribution >= 4 is 11.2 Å². The Hall–Kier alpha value is -3.25. The van der Waals surface area contributed by atoms with E-state index in [2.05, 4.69) is 74.9 Å². The van der Waals surface area contributed by atoms with Crippen LogP contribution in [0.4, 0.5) is 5.69 Å². The molecule has 0 radical (unpaired) electrons. The number of hydrogen-bond donors (Lipinski definition) is 1. The number of fused-ring (bicyclic) bond motifs is 1. The first-order valence-corrected chi connectivity index (χ1v) is 10.5. The molecule has 1 saturated heterocycles. The average molecular weight is 399 g/mol. The third-order valence-electron chi connectivity index (χ3n) is 5.85. The largest absolute Gasteiger partial charge is 0.380 e. The van der Waals surface area contributed by atoms with Crippen LogP contribution < -0.4 is 5.32 Å². The van der Waals surface area contributed by atoms with Gasteiger partial charge >= 0.3 is 0 Å². The number of anilines is 1. The van der Waals surface area contributed by atoms with Gasteiger partial charge in [0.1, 0.15) is 5.69 Å². The van der Waals surface area contributed by atoms with Crippen LogP contribution in [0.3, 0.4) is 0 Å². The maximum Gasteiger partial charge on any atom is 0.108 e. The minimum atomic E-state index is 0.318. The third-order valence-corrected chi connectivity index (χ3v) is 5.85. The van der Waals surface area contributed by atoms with E-state index < -0.39 is 0 Å². The molecule has 1 aliphatic heterocycles. The number of nitrogens with zero attached hydrogens (tertiary/aromatic N) is 5. The van der Waals surface area contributed by atoms with Gasteiger partial charge in [-0.15, -0.1) is 5.10 Å². The smallest absolute Gasteiger partial charge is 0.108 e. The molecular weight excluding hydrogens is 372 g/mol. The number of benzene rings is 1. The molecule has 1 fully saturated rings. The first-order valence-electron chi connectivity index (χ1n) is 10.5. The van der Waals surface area contributed by atoms with Crippen molar-refractivity contribution in [2.24, 2.45) is 0 Å². The van der Waals surface area contributed by atoms with Crippen molar-refractivity contribution in [3.8, 4) is 0 Å². The van der Waals surface area contributed by atoms with Crippen molar-refractivity contribution in [1.82, 2.24) is 24.7 Å². The zero-order chi connectivity index (χ0) is 20.3. The molecule has 0 unspecified atom stereocenters. The summed E-state index contributed by atoms with van der Waals surface area (Å²) >= 11 is 0. The van der Waals surface area contributed by atoms with Gasteiger partial charge in [-0.05, 0) is 55.6 Å². The van der Waals surface area contributed by atoms with Gasteiger partial charge in [-0.3, -0.25) is 9.88 Å².